The summed E-state index contributed by atoms with van der Waals surface area (Å²) in [5, 5.41) is 0. The van der Waals surface area contributed by atoms with Gasteiger partial charge in [0.2, 0.25) is 0 Å². The Bertz CT molecular complexity index is 2460. The predicted octanol–water partition coefficient (Wildman–Crippen LogP) is 16.4. The van der Waals surface area contributed by atoms with Crippen LogP contribution < -0.4 is 26.2 Å². The Morgan fingerprint density at radius 1 is 0.373 bits per heavy atom. The Hall–Kier alpha value is -4.24. The number of anilines is 6. The lowest BCUT2D eigenvalue weighted by Crippen LogP contribution is -2.61. The minimum Gasteiger partial charge on any atom is -0.311 e. The van der Waals surface area contributed by atoms with Gasteiger partial charge in [0.1, 0.15) is 0 Å². The third-order valence-electron chi connectivity index (χ3n) is 20.3. The summed E-state index contributed by atoms with van der Waals surface area (Å²) in [4.78, 5) is 5.71. The maximum atomic E-state index is 2.85. The molecule has 0 radical (unpaired) electrons. The van der Waals surface area contributed by atoms with Crippen molar-refractivity contribution < 1.29 is 0 Å². The third kappa shape index (κ3) is 7.22. The Morgan fingerprint density at radius 2 is 0.746 bits per heavy atom. The van der Waals surface area contributed by atoms with Gasteiger partial charge in [-0.25, -0.2) is 0 Å². The topological polar surface area (TPSA) is 6.48 Å². The summed E-state index contributed by atoms with van der Waals surface area (Å²) in [6.45, 7) is 0.191. The Balaban J connectivity index is 1.03. The van der Waals surface area contributed by atoms with Crippen molar-refractivity contribution in [2.24, 2.45) is 17.8 Å². The van der Waals surface area contributed by atoms with Crippen LogP contribution in [0, 0.1) is 17.8 Å². The molecule has 2 aliphatic heterocycles. The fourth-order valence-electron chi connectivity index (χ4n) is 17.4. The van der Waals surface area contributed by atoms with E-state index in [4.69, 9.17) is 0 Å². The van der Waals surface area contributed by atoms with E-state index < -0.39 is 0 Å². The Labute approximate surface area is 403 Å². The van der Waals surface area contributed by atoms with Crippen LogP contribution in [0.15, 0.2) is 97.1 Å². The molecule has 10 aliphatic rings. The molecule has 15 rings (SSSR count). The quantitative estimate of drug-likeness (QED) is 0.147. The summed E-state index contributed by atoms with van der Waals surface area (Å²) in [5.74, 6) is 5.36. The van der Waals surface area contributed by atoms with Gasteiger partial charge in [-0.05, 0) is 229 Å². The monoisotopic (exact) mass is 883 g/mol. The Morgan fingerprint density at radius 3 is 1.13 bits per heavy atom. The van der Waals surface area contributed by atoms with Gasteiger partial charge in [0, 0.05) is 34.1 Å². The van der Waals surface area contributed by atoms with Crippen LogP contribution in [0.5, 0.6) is 0 Å². The van der Waals surface area contributed by atoms with Crippen molar-refractivity contribution in [2.45, 2.75) is 196 Å². The molecule has 0 saturated heterocycles. The van der Waals surface area contributed by atoms with E-state index in [1.165, 1.54) is 212 Å². The van der Waals surface area contributed by atoms with Gasteiger partial charge in [-0.2, -0.15) is 0 Å². The summed E-state index contributed by atoms with van der Waals surface area (Å²) in [5.41, 5.74) is 21.5. The lowest BCUT2D eigenvalue weighted by Gasteiger charge is -2.57. The minimum absolute atomic E-state index is 0.191. The van der Waals surface area contributed by atoms with E-state index in [1.807, 2.05) is 0 Å². The summed E-state index contributed by atoms with van der Waals surface area (Å²) in [6, 6.07) is 41.7. The second-order valence-corrected chi connectivity index (χ2v) is 24.4. The average molecular weight is 883 g/mol. The highest BCUT2D eigenvalue weighted by molar-refractivity contribution is 7.00. The lowest BCUT2D eigenvalue weighted by atomic mass is 9.33. The maximum Gasteiger partial charge on any atom is 0.252 e. The molecule has 0 amide bonds. The van der Waals surface area contributed by atoms with Crippen molar-refractivity contribution >= 4 is 57.2 Å². The van der Waals surface area contributed by atoms with Crippen molar-refractivity contribution in [3.63, 3.8) is 0 Å². The zero-order chi connectivity index (χ0) is 44.1. The normalized spacial score (nSPS) is 27.5. The maximum absolute atomic E-state index is 2.85. The molecule has 8 aliphatic carbocycles. The summed E-state index contributed by atoms with van der Waals surface area (Å²) in [6.07, 6.45) is 35.8. The SMILES string of the molecule is c1cc(C2CCCCC2)cc(N2c3cc(C4CCCCC4)ccc3B3c4ccc(C5CCCCC5)cc4N(c4cccc(C5CCCCC5)c4)c4cc(C56CC7CC(CC(C7)C5)C6)cc2c43)c1. The number of fused-ring (bicyclic) bond motifs is 4. The van der Waals surface area contributed by atoms with Gasteiger partial charge in [-0.15, -0.1) is 0 Å². The lowest BCUT2D eigenvalue weighted by molar-refractivity contribution is -0.00514. The zero-order valence-corrected chi connectivity index (χ0v) is 40.6. The van der Waals surface area contributed by atoms with Crippen LogP contribution in [-0.2, 0) is 5.41 Å². The number of benzene rings is 5. The fourth-order valence-corrected chi connectivity index (χ4v) is 17.4. The van der Waals surface area contributed by atoms with E-state index in [0.29, 0.717) is 23.7 Å². The number of hydrogen-bond acceptors (Lipinski definition) is 2. The van der Waals surface area contributed by atoms with E-state index in [2.05, 4.69) is 107 Å². The molecule has 4 bridgehead atoms. The third-order valence-corrected chi connectivity index (χ3v) is 20.3. The van der Waals surface area contributed by atoms with Gasteiger partial charge in [-0.1, -0.05) is 126 Å². The summed E-state index contributed by atoms with van der Waals surface area (Å²) >= 11 is 0. The van der Waals surface area contributed by atoms with E-state index >= 15 is 0 Å². The van der Waals surface area contributed by atoms with E-state index in [1.54, 1.807) is 33.3 Å². The molecule has 5 aromatic rings. The van der Waals surface area contributed by atoms with Crippen LogP contribution in [0.4, 0.5) is 34.1 Å². The van der Waals surface area contributed by atoms with Gasteiger partial charge in [0.15, 0.2) is 0 Å². The first kappa shape index (κ1) is 41.7. The second-order valence-electron chi connectivity index (χ2n) is 24.4. The number of rotatable bonds is 7. The van der Waals surface area contributed by atoms with Gasteiger partial charge in [-0.3, -0.25) is 0 Å². The van der Waals surface area contributed by atoms with Gasteiger partial charge in [0.25, 0.3) is 6.71 Å². The van der Waals surface area contributed by atoms with Gasteiger partial charge >= 0.3 is 0 Å². The van der Waals surface area contributed by atoms with Crippen LogP contribution in [0.25, 0.3) is 0 Å². The second kappa shape index (κ2) is 17.0. The first-order valence-corrected chi connectivity index (χ1v) is 28.4. The molecule has 8 fully saturated rings. The smallest absolute Gasteiger partial charge is 0.252 e. The highest BCUT2D eigenvalue weighted by Gasteiger charge is 2.53. The molecule has 2 nitrogen and oxygen atoms in total. The number of hydrogen-bond donors (Lipinski definition) is 0. The molecule has 8 saturated carbocycles. The highest BCUT2D eigenvalue weighted by Crippen LogP contribution is 2.62. The summed E-state index contributed by atoms with van der Waals surface area (Å²) < 4.78 is 0. The standard InChI is InChI=1S/C64H75BN2/c1-5-15-46(16-6-1)50-23-13-25-55(34-50)66-59-36-52(48-19-9-3-10-20-48)27-29-57(59)65-58-30-28-53(49-21-11-4-12-22-49)37-60(58)67(56-26-14-24-51(35-56)47-17-7-2-8-18-47)62-39-54(38-61(66)63(62)65)64-40-43-31-44(41-64)33-45(32-43)42-64/h13-14,23-30,34-39,43-49H,1-12,15-22,31-33,40-42H2. The molecular formula is C64H75BN2. The van der Waals surface area contributed by atoms with E-state index in [0.717, 1.165) is 17.8 Å². The molecule has 0 aromatic heterocycles. The van der Waals surface area contributed by atoms with Crippen molar-refractivity contribution in [3.05, 3.63) is 125 Å². The molecule has 0 spiro atoms. The van der Waals surface area contributed by atoms with Gasteiger partial charge in [0.05, 0.1) is 0 Å². The largest absolute Gasteiger partial charge is 0.311 e. The molecule has 0 N–H and O–H groups in total. The highest BCUT2D eigenvalue weighted by atomic mass is 15.2. The average Bonchev–Trinajstić information content (AvgIpc) is 3.39. The number of nitrogens with zero attached hydrogens (tertiary/aromatic N) is 2. The van der Waals surface area contributed by atoms with Gasteiger partial charge < -0.3 is 9.80 Å². The molecule has 0 atom stereocenters. The van der Waals surface area contributed by atoms with Crippen LogP contribution >= 0.6 is 0 Å². The van der Waals surface area contributed by atoms with Crippen molar-refractivity contribution in [2.75, 3.05) is 9.80 Å². The molecule has 5 aromatic carbocycles. The molecule has 67 heavy (non-hydrogen) atoms. The van der Waals surface area contributed by atoms with Crippen LogP contribution in [-0.4, -0.2) is 6.71 Å². The first-order chi connectivity index (χ1) is 33.1. The van der Waals surface area contributed by atoms with E-state index in [-0.39, 0.29) is 12.1 Å². The molecule has 2 heterocycles. The fraction of sp³-hybridized carbons (Fsp3) is 0.531. The molecular weight excluding hydrogens is 808 g/mol. The summed E-state index contributed by atoms with van der Waals surface area (Å²) in [7, 11) is 0. The van der Waals surface area contributed by atoms with Crippen LogP contribution in [0.1, 0.15) is 218 Å². The zero-order valence-electron chi connectivity index (χ0n) is 40.6. The van der Waals surface area contributed by atoms with Crippen LogP contribution in [0.2, 0.25) is 0 Å². The predicted molar refractivity (Wildman–Crippen MR) is 284 cm³/mol. The first-order valence-electron chi connectivity index (χ1n) is 28.4. The molecule has 3 heteroatoms. The van der Waals surface area contributed by atoms with E-state index in [9.17, 15) is 0 Å². The molecule has 344 valence electrons. The van der Waals surface area contributed by atoms with Crippen molar-refractivity contribution in [1.29, 1.82) is 0 Å². The minimum atomic E-state index is 0.191. The van der Waals surface area contributed by atoms with Crippen molar-refractivity contribution in [1.82, 2.24) is 0 Å². The van der Waals surface area contributed by atoms with Crippen molar-refractivity contribution in [3.8, 4) is 0 Å². The Kier molecular flexibility index (Phi) is 10.6. The molecule has 0 unspecified atom stereocenters. The van der Waals surface area contributed by atoms with Crippen LogP contribution in [0.3, 0.4) is 0 Å².